The lowest BCUT2D eigenvalue weighted by atomic mass is 9.75. The molecule has 4 rings (SSSR count). The van der Waals surface area contributed by atoms with Gasteiger partial charge in [0.2, 0.25) is 5.91 Å². The molecular formula is C25H32ClN5O2. The monoisotopic (exact) mass is 469 g/mol. The molecule has 0 bridgehead atoms. The average Bonchev–Trinajstić information content (AvgIpc) is 2.78. The molecule has 2 aliphatic rings. The summed E-state index contributed by atoms with van der Waals surface area (Å²) >= 11 is 6.26. The number of anilines is 3. The van der Waals surface area contributed by atoms with Gasteiger partial charge in [0.25, 0.3) is 0 Å². The molecule has 176 valence electrons. The summed E-state index contributed by atoms with van der Waals surface area (Å²) in [6.45, 7) is 6.79. The fourth-order valence-electron chi connectivity index (χ4n) is 4.56. The highest BCUT2D eigenvalue weighted by Gasteiger charge is 2.39. The van der Waals surface area contributed by atoms with Crippen LogP contribution in [0.15, 0.2) is 36.4 Å². The molecule has 1 aromatic carbocycles. The molecule has 1 fully saturated rings. The van der Waals surface area contributed by atoms with E-state index >= 15 is 0 Å². The topological polar surface area (TPSA) is 77.6 Å². The Labute approximate surface area is 200 Å². The highest BCUT2D eigenvalue weighted by atomic mass is 35.5. The van der Waals surface area contributed by atoms with Crippen LogP contribution < -0.4 is 15.5 Å². The number of hydrogen-bond acceptors (Lipinski definition) is 4. The van der Waals surface area contributed by atoms with Crippen LogP contribution in [0.1, 0.15) is 52.1 Å². The van der Waals surface area contributed by atoms with Crippen LogP contribution in [0, 0.1) is 5.41 Å². The van der Waals surface area contributed by atoms with E-state index in [2.05, 4.69) is 24.5 Å². The van der Waals surface area contributed by atoms with Crippen LogP contribution in [0.2, 0.25) is 5.02 Å². The van der Waals surface area contributed by atoms with Crippen molar-refractivity contribution in [1.29, 1.82) is 0 Å². The van der Waals surface area contributed by atoms with Crippen LogP contribution >= 0.6 is 11.6 Å². The second-order valence-corrected chi connectivity index (χ2v) is 10.2. The molecule has 3 amide bonds. The summed E-state index contributed by atoms with van der Waals surface area (Å²) in [5.74, 6) is 0.320. The van der Waals surface area contributed by atoms with Crippen molar-refractivity contribution in [3.8, 4) is 0 Å². The standard InChI is InChI=1S/C25H32ClN5O2/c1-16(27-4)23(32)29-22-9-8-21-20(28-22)15-30(18-10-12-25(2,3)13-11-18)24(33)31(21)19-7-5-6-17(26)14-19/h5-9,14,16,18,27H,10-13,15H2,1-4H3,(H,28,29,32). The predicted octanol–water partition coefficient (Wildman–Crippen LogP) is 5.32. The summed E-state index contributed by atoms with van der Waals surface area (Å²) in [6, 6.07) is 10.7. The molecule has 0 saturated heterocycles. The number of carbonyl (C=O) groups excluding carboxylic acids is 2. The first-order valence-electron chi connectivity index (χ1n) is 11.5. The number of amides is 3. The summed E-state index contributed by atoms with van der Waals surface area (Å²) in [6.07, 6.45) is 4.09. The van der Waals surface area contributed by atoms with Crippen LogP contribution in [-0.4, -0.2) is 41.0 Å². The Morgan fingerprint density at radius 2 is 1.94 bits per heavy atom. The number of nitrogens with one attached hydrogen (secondary N) is 2. The third-order valence-electron chi connectivity index (χ3n) is 6.84. The molecule has 0 spiro atoms. The third kappa shape index (κ3) is 4.99. The van der Waals surface area contributed by atoms with Crippen molar-refractivity contribution in [2.45, 2.75) is 65.1 Å². The zero-order valence-electron chi connectivity index (χ0n) is 19.7. The van der Waals surface area contributed by atoms with Crippen molar-refractivity contribution >= 4 is 40.7 Å². The third-order valence-corrected chi connectivity index (χ3v) is 7.08. The molecule has 1 unspecified atom stereocenters. The zero-order chi connectivity index (χ0) is 23.8. The van der Waals surface area contributed by atoms with Gasteiger partial charge in [0.05, 0.1) is 29.7 Å². The highest BCUT2D eigenvalue weighted by molar-refractivity contribution is 6.31. The van der Waals surface area contributed by atoms with E-state index in [1.54, 1.807) is 37.1 Å². The summed E-state index contributed by atoms with van der Waals surface area (Å²) in [7, 11) is 1.74. The van der Waals surface area contributed by atoms with E-state index < -0.39 is 0 Å². The molecule has 0 radical (unpaired) electrons. The molecule has 1 aliphatic carbocycles. The average molecular weight is 470 g/mol. The SMILES string of the molecule is CNC(C)C(=O)Nc1ccc2c(n1)CN(C1CCC(C)(C)CC1)C(=O)N2c1cccc(Cl)c1. The van der Waals surface area contributed by atoms with Gasteiger partial charge in [0.1, 0.15) is 5.82 Å². The van der Waals surface area contributed by atoms with E-state index in [0.29, 0.717) is 34.2 Å². The Balaban J connectivity index is 1.70. The quantitative estimate of drug-likeness (QED) is 0.620. The Kier molecular flexibility index (Phi) is 6.64. The number of hydrogen-bond donors (Lipinski definition) is 2. The molecule has 2 N–H and O–H groups in total. The van der Waals surface area contributed by atoms with Crippen LogP contribution in [-0.2, 0) is 11.3 Å². The first-order chi connectivity index (χ1) is 15.7. The Morgan fingerprint density at radius 3 is 2.61 bits per heavy atom. The van der Waals surface area contributed by atoms with Gasteiger partial charge in [-0.3, -0.25) is 9.69 Å². The Bertz CT molecular complexity index is 1050. The molecule has 1 atom stereocenters. The first-order valence-corrected chi connectivity index (χ1v) is 11.9. The van der Waals surface area contributed by atoms with Crippen LogP contribution in [0.25, 0.3) is 0 Å². The molecule has 33 heavy (non-hydrogen) atoms. The minimum Gasteiger partial charge on any atom is -0.315 e. The summed E-state index contributed by atoms with van der Waals surface area (Å²) in [4.78, 5) is 34.5. The van der Waals surface area contributed by atoms with E-state index in [-0.39, 0.29) is 24.0 Å². The molecule has 2 aromatic rings. The van der Waals surface area contributed by atoms with Gasteiger partial charge in [-0.05, 0) is 75.4 Å². The molecule has 1 aromatic heterocycles. The number of carbonyl (C=O) groups is 2. The lowest BCUT2D eigenvalue weighted by Crippen LogP contribution is -2.51. The normalized spacial score (nSPS) is 19.2. The minimum atomic E-state index is -0.338. The predicted molar refractivity (Wildman–Crippen MR) is 132 cm³/mol. The second-order valence-electron chi connectivity index (χ2n) is 9.78. The van der Waals surface area contributed by atoms with Gasteiger partial charge in [-0.15, -0.1) is 0 Å². The van der Waals surface area contributed by atoms with Gasteiger partial charge in [0, 0.05) is 11.1 Å². The van der Waals surface area contributed by atoms with Crippen molar-refractivity contribution in [3.05, 3.63) is 47.1 Å². The number of aromatic nitrogens is 1. The largest absolute Gasteiger partial charge is 0.329 e. The molecular weight excluding hydrogens is 438 g/mol. The van der Waals surface area contributed by atoms with Gasteiger partial charge in [-0.1, -0.05) is 31.5 Å². The van der Waals surface area contributed by atoms with Gasteiger partial charge in [-0.2, -0.15) is 0 Å². The van der Waals surface area contributed by atoms with Gasteiger partial charge in [0.15, 0.2) is 0 Å². The van der Waals surface area contributed by atoms with E-state index in [0.717, 1.165) is 31.4 Å². The smallest absolute Gasteiger partial charge is 0.315 e. The van der Waals surface area contributed by atoms with Crippen molar-refractivity contribution in [2.75, 3.05) is 17.3 Å². The van der Waals surface area contributed by atoms with Crippen molar-refractivity contribution < 1.29 is 9.59 Å². The Morgan fingerprint density at radius 1 is 1.21 bits per heavy atom. The number of benzene rings is 1. The van der Waals surface area contributed by atoms with E-state index in [1.165, 1.54) is 0 Å². The van der Waals surface area contributed by atoms with Gasteiger partial charge >= 0.3 is 6.03 Å². The van der Waals surface area contributed by atoms with Crippen LogP contribution in [0.5, 0.6) is 0 Å². The maximum Gasteiger partial charge on any atom is 0.329 e. The van der Waals surface area contributed by atoms with Crippen molar-refractivity contribution in [2.24, 2.45) is 5.41 Å². The minimum absolute atomic E-state index is 0.0585. The van der Waals surface area contributed by atoms with E-state index in [1.807, 2.05) is 23.1 Å². The van der Waals surface area contributed by atoms with Crippen LogP contribution in [0.3, 0.4) is 0 Å². The Hall–Kier alpha value is -2.64. The van der Waals surface area contributed by atoms with Crippen molar-refractivity contribution in [1.82, 2.24) is 15.2 Å². The number of nitrogens with zero attached hydrogens (tertiary/aromatic N) is 3. The van der Waals surface area contributed by atoms with Gasteiger partial charge in [-0.25, -0.2) is 9.78 Å². The number of halogens is 1. The lowest BCUT2D eigenvalue weighted by molar-refractivity contribution is -0.117. The fraction of sp³-hybridized carbons (Fsp3) is 0.480. The lowest BCUT2D eigenvalue weighted by Gasteiger charge is -2.44. The highest BCUT2D eigenvalue weighted by Crippen LogP contribution is 2.41. The second kappa shape index (κ2) is 9.31. The molecule has 7 nitrogen and oxygen atoms in total. The summed E-state index contributed by atoms with van der Waals surface area (Å²) in [5, 5.41) is 6.36. The molecule has 2 heterocycles. The maximum absolute atomic E-state index is 13.8. The fourth-order valence-corrected chi connectivity index (χ4v) is 4.74. The number of fused-ring (bicyclic) bond motifs is 1. The molecule has 1 aliphatic heterocycles. The number of rotatable bonds is 5. The summed E-state index contributed by atoms with van der Waals surface area (Å²) in [5.41, 5.74) is 2.49. The van der Waals surface area contributed by atoms with Crippen molar-refractivity contribution in [3.63, 3.8) is 0 Å². The van der Waals surface area contributed by atoms with E-state index in [9.17, 15) is 9.59 Å². The van der Waals surface area contributed by atoms with Gasteiger partial charge < -0.3 is 15.5 Å². The zero-order valence-corrected chi connectivity index (χ0v) is 20.4. The van der Waals surface area contributed by atoms with E-state index in [4.69, 9.17) is 16.6 Å². The number of likely N-dealkylation sites (N-methyl/N-ethyl adjacent to an activating group) is 1. The first kappa shape index (κ1) is 23.5. The maximum atomic E-state index is 13.8. The molecule has 1 saturated carbocycles. The molecule has 8 heteroatoms. The summed E-state index contributed by atoms with van der Waals surface area (Å²) < 4.78 is 0. The number of urea groups is 1. The number of pyridine rings is 1. The van der Waals surface area contributed by atoms with Crippen LogP contribution in [0.4, 0.5) is 22.0 Å².